The van der Waals surface area contributed by atoms with E-state index < -0.39 is 6.16 Å². The van der Waals surface area contributed by atoms with Crippen molar-refractivity contribution in [2.24, 2.45) is 0 Å². The molecule has 0 unspecified atom stereocenters. The Kier molecular flexibility index (Phi) is 5.68. The first kappa shape index (κ1) is 17.2. The zero-order valence-electron chi connectivity index (χ0n) is 13.6. The summed E-state index contributed by atoms with van der Waals surface area (Å²) in [6.07, 6.45) is 2.36. The molecule has 0 amide bonds. The van der Waals surface area contributed by atoms with Crippen LogP contribution in [0.2, 0.25) is 0 Å². The van der Waals surface area contributed by atoms with Crippen molar-refractivity contribution in [3.05, 3.63) is 47.5 Å². The van der Waals surface area contributed by atoms with Gasteiger partial charge in [0.2, 0.25) is 0 Å². The Labute approximate surface area is 139 Å². The first-order chi connectivity index (χ1) is 11.5. The number of rotatable bonds is 6. The third kappa shape index (κ3) is 4.42. The van der Waals surface area contributed by atoms with Crippen molar-refractivity contribution >= 4 is 18.3 Å². The van der Waals surface area contributed by atoms with Gasteiger partial charge < -0.3 is 24.1 Å². The van der Waals surface area contributed by atoms with E-state index >= 15 is 0 Å². The third-order valence-electron chi connectivity index (χ3n) is 3.23. The molecular weight excluding hydrogens is 312 g/mol. The Hall–Kier alpha value is -3.15. The molecular formula is C18H18O6. The van der Waals surface area contributed by atoms with Gasteiger partial charge in [-0.05, 0) is 35.4 Å². The maximum atomic E-state index is 10.6. The number of benzene rings is 2. The van der Waals surface area contributed by atoms with Crippen LogP contribution in [0.25, 0.3) is 12.2 Å². The number of hydrogen-bond donors (Lipinski definition) is 1. The molecule has 0 atom stereocenters. The SMILES string of the molecule is COc1cc(C=Cc2ccc(OC(=O)O)c(OC)c2)cc(OC)c1. The second-order valence-electron chi connectivity index (χ2n) is 4.76. The van der Waals surface area contributed by atoms with Crippen LogP contribution in [0.1, 0.15) is 11.1 Å². The summed E-state index contributed by atoms with van der Waals surface area (Å²) in [5.74, 6) is 1.86. The standard InChI is InChI=1S/C18H18O6/c1-21-14-8-13(9-15(11-14)22-2)5-4-12-6-7-16(24-18(19)20)17(10-12)23-3/h4-11H,1-3H3,(H,19,20). The summed E-state index contributed by atoms with van der Waals surface area (Å²) in [7, 11) is 4.63. The van der Waals surface area contributed by atoms with E-state index in [2.05, 4.69) is 4.74 Å². The molecule has 2 rings (SSSR count). The van der Waals surface area contributed by atoms with Gasteiger partial charge in [-0.1, -0.05) is 18.2 Å². The predicted octanol–water partition coefficient (Wildman–Crippen LogP) is 3.94. The lowest BCUT2D eigenvalue weighted by atomic mass is 10.1. The van der Waals surface area contributed by atoms with Crippen LogP contribution in [0.3, 0.4) is 0 Å². The van der Waals surface area contributed by atoms with Gasteiger partial charge in [0.15, 0.2) is 11.5 Å². The van der Waals surface area contributed by atoms with Crippen molar-refractivity contribution in [2.45, 2.75) is 0 Å². The van der Waals surface area contributed by atoms with E-state index in [1.165, 1.54) is 7.11 Å². The molecule has 0 aliphatic rings. The summed E-state index contributed by atoms with van der Waals surface area (Å²) in [5.41, 5.74) is 1.72. The normalized spacial score (nSPS) is 10.5. The highest BCUT2D eigenvalue weighted by Gasteiger charge is 2.08. The van der Waals surface area contributed by atoms with Crippen molar-refractivity contribution < 1.29 is 28.8 Å². The topological polar surface area (TPSA) is 74.2 Å². The fraction of sp³-hybridized carbons (Fsp3) is 0.167. The Morgan fingerprint density at radius 3 is 2.00 bits per heavy atom. The van der Waals surface area contributed by atoms with Gasteiger partial charge in [0.25, 0.3) is 0 Å². The van der Waals surface area contributed by atoms with Crippen molar-refractivity contribution in [1.82, 2.24) is 0 Å². The largest absolute Gasteiger partial charge is 0.511 e. The maximum Gasteiger partial charge on any atom is 0.511 e. The van der Waals surface area contributed by atoms with Crippen LogP contribution < -0.4 is 18.9 Å². The summed E-state index contributed by atoms with van der Waals surface area (Å²) in [5, 5.41) is 8.69. The van der Waals surface area contributed by atoms with Crippen LogP contribution in [0.5, 0.6) is 23.0 Å². The van der Waals surface area contributed by atoms with Crippen LogP contribution >= 0.6 is 0 Å². The molecule has 0 bridgehead atoms. The Morgan fingerprint density at radius 2 is 1.46 bits per heavy atom. The first-order valence-corrected chi connectivity index (χ1v) is 7.05. The van der Waals surface area contributed by atoms with Gasteiger partial charge in [0.05, 0.1) is 21.3 Å². The van der Waals surface area contributed by atoms with Gasteiger partial charge in [0, 0.05) is 6.07 Å². The second-order valence-corrected chi connectivity index (χ2v) is 4.76. The fourth-order valence-electron chi connectivity index (χ4n) is 2.08. The van der Waals surface area contributed by atoms with Gasteiger partial charge in [0.1, 0.15) is 11.5 Å². The van der Waals surface area contributed by atoms with Crippen molar-refractivity contribution in [3.8, 4) is 23.0 Å². The Morgan fingerprint density at radius 1 is 0.833 bits per heavy atom. The summed E-state index contributed by atoms with van der Waals surface area (Å²) >= 11 is 0. The number of methoxy groups -OCH3 is 3. The van der Waals surface area contributed by atoms with Crippen LogP contribution in [0.4, 0.5) is 4.79 Å². The zero-order chi connectivity index (χ0) is 17.5. The molecule has 0 heterocycles. The lowest BCUT2D eigenvalue weighted by molar-refractivity contribution is 0.143. The maximum absolute atomic E-state index is 10.6. The molecule has 0 spiro atoms. The van der Waals surface area contributed by atoms with Gasteiger partial charge in [-0.2, -0.15) is 0 Å². The summed E-state index contributed by atoms with van der Waals surface area (Å²) in [6, 6.07) is 10.5. The highest BCUT2D eigenvalue weighted by molar-refractivity contribution is 5.73. The minimum absolute atomic E-state index is 0.144. The van der Waals surface area contributed by atoms with E-state index in [4.69, 9.17) is 19.3 Å². The zero-order valence-corrected chi connectivity index (χ0v) is 13.6. The van der Waals surface area contributed by atoms with E-state index in [1.54, 1.807) is 38.5 Å². The summed E-state index contributed by atoms with van der Waals surface area (Å²) < 4.78 is 20.3. The Bertz CT molecular complexity index is 729. The molecule has 126 valence electrons. The minimum atomic E-state index is -1.39. The molecule has 0 aromatic heterocycles. The van der Waals surface area contributed by atoms with Crippen molar-refractivity contribution in [1.29, 1.82) is 0 Å². The molecule has 2 aromatic rings. The summed E-state index contributed by atoms with van der Waals surface area (Å²) in [6.45, 7) is 0. The quantitative estimate of drug-likeness (QED) is 0.491. The number of carboxylic acid groups (broad SMARTS) is 1. The first-order valence-electron chi connectivity index (χ1n) is 7.05. The van der Waals surface area contributed by atoms with Crippen LogP contribution in [0, 0.1) is 0 Å². The molecule has 0 fully saturated rings. The molecule has 1 N–H and O–H groups in total. The average Bonchev–Trinajstić information content (AvgIpc) is 2.59. The van der Waals surface area contributed by atoms with Gasteiger partial charge in [-0.25, -0.2) is 4.79 Å². The van der Waals surface area contributed by atoms with Crippen molar-refractivity contribution in [2.75, 3.05) is 21.3 Å². The molecule has 0 aliphatic carbocycles. The highest BCUT2D eigenvalue weighted by atomic mass is 16.7. The smallest absolute Gasteiger partial charge is 0.497 e. The van der Waals surface area contributed by atoms with Gasteiger partial charge in [-0.15, -0.1) is 0 Å². The molecule has 0 saturated carbocycles. The molecule has 2 aromatic carbocycles. The molecule has 0 saturated heterocycles. The van der Waals surface area contributed by atoms with Crippen LogP contribution in [0.15, 0.2) is 36.4 Å². The predicted molar refractivity (Wildman–Crippen MR) is 90.1 cm³/mol. The van der Waals surface area contributed by atoms with Crippen LogP contribution in [-0.4, -0.2) is 32.6 Å². The van der Waals surface area contributed by atoms with Gasteiger partial charge >= 0.3 is 6.16 Å². The lowest BCUT2D eigenvalue weighted by Gasteiger charge is -2.08. The molecule has 0 radical (unpaired) electrons. The molecule has 24 heavy (non-hydrogen) atoms. The Balaban J connectivity index is 2.27. The monoisotopic (exact) mass is 330 g/mol. The van der Waals surface area contributed by atoms with E-state index in [1.807, 2.05) is 24.3 Å². The van der Waals surface area contributed by atoms with E-state index in [0.717, 1.165) is 11.1 Å². The molecule has 0 aliphatic heterocycles. The van der Waals surface area contributed by atoms with E-state index in [0.29, 0.717) is 17.2 Å². The number of carbonyl (C=O) groups is 1. The minimum Gasteiger partial charge on any atom is -0.497 e. The second kappa shape index (κ2) is 7.92. The van der Waals surface area contributed by atoms with Gasteiger partial charge in [-0.3, -0.25) is 0 Å². The fourth-order valence-corrected chi connectivity index (χ4v) is 2.08. The number of hydrogen-bond acceptors (Lipinski definition) is 5. The van der Waals surface area contributed by atoms with E-state index in [9.17, 15) is 4.79 Å². The van der Waals surface area contributed by atoms with E-state index in [-0.39, 0.29) is 5.75 Å². The molecule has 6 nitrogen and oxygen atoms in total. The molecule has 6 heteroatoms. The summed E-state index contributed by atoms with van der Waals surface area (Å²) in [4.78, 5) is 10.6. The lowest BCUT2D eigenvalue weighted by Crippen LogP contribution is -2.04. The average molecular weight is 330 g/mol. The highest BCUT2D eigenvalue weighted by Crippen LogP contribution is 2.29. The van der Waals surface area contributed by atoms with Crippen LogP contribution in [-0.2, 0) is 0 Å². The van der Waals surface area contributed by atoms with Crippen molar-refractivity contribution in [3.63, 3.8) is 0 Å². The third-order valence-corrected chi connectivity index (χ3v) is 3.23. The number of ether oxygens (including phenoxy) is 4.